The van der Waals surface area contributed by atoms with Gasteiger partial charge in [0.25, 0.3) is 10.8 Å². The Morgan fingerprint density at radius 3 is 2.29 bits per heavy atom. The highest BCUT2D eigenvalue weighted by atomic mass is 32.2. The second-order valence-corrected chi connectivity index (χ2v) is 12.9. The van der Waals surface area contributed by atoms with Crippen LogP contribution in [0.15, 0.2) is 60.7 Å². The van der Waals surface area contributed by atoms with Gasteiger partial charge in [0.2, 0.25) is 5.91 Å². The number of anilines is 2. The second-order valence-electron chi connectivity index (χ2n) is 10.8. The van der Waals surface area contributed by atoms with E-state index in [1.54, 1.807) is 20.8 Å². The molecular formula is C29H25F3N2O7S. The molecule has 2 amide bonds. The predicted molar refractivity (Wildman–Crippen MR) is 145 cm³/mol. The standard InChI is InChI=1S/C29H25F3N2O7S/c1-28(2,3)41-26(36)15-40-20-9-11-24-21(13-20)29(27(37)33(24)14-17-4-6-18(30)7-5-17)34(25(35)16-42(29,38)39)19-8-10-22(31)23(32)12-19/h4-13H,14-16H2,1-3H3. The predicted octanol–water partition coefficient (Wildman–Crippen LogP) is 3.99. The van der Waals surface area contributed by atoms with Crippen molar-refractivity contribution in [2.45, 2.75) is 37.8 Å². The largest absolute Gasteiger partial charge is 0.482 e. The van der Waals surface area contributed by atoms with E-state index in [0.717, 1.165) is 11.0 Å². The van der Waals surface area contributed by atoms with Crippen LogP contribution in [0.1, 0.15) is 31.9 Å². The first-order valence-corrected chi connectivity index (χ1v) is 14.4. The molecule has 0 aromatic heterocycles. The van der Waals surface area contributed by atoms with Crippen LogP contribution >= 0.6 is 0 Å². The van der Waals surface area contributed by atoms with Crippen molar-refractivity contribution < 1.29 is 45.4 Å². The molecule has 0 radical (unpaired) electrons. The first kappa shape index (κ1) is 29.1. The third-order valence-corrected chi connectivity index (χ3v) is 8.78. The molecule has 220 valence electrons. The van der Waals surface area contributed by atoms with Crippen molar-refractivity contribution in [2.24, 2.45) is 0 Å². The summed E-state index contributed by atoms with van der Waals surface area (Å²) in [4.78, 5) is 38.8. The topological polar surface area (TPSA) is 110 Å². The molecule has 1 unspecified atom stereocenters. The highest BCUT2D eigenvalue weighted by molar-refractivity contribution is 7.94. The molecule has 0 saturated carbocycles. The Bertz CT molecular complexity index is 1720. The number of amides is 2. The highest BCUT2D eigenvalue weighted by Crippen LogP contribution is 2.53. The third kappa shape index (κ3) is 4.87. The summed E-state index contributed by atoms with van der Waals surface area (Å²) in [5, 5.41) is 0. The van der Waals surface area contributed by atoms with Crippen molar-refractivity contribution in [3.05, 3.63) is 89.2 Å². The number of carbonyl (C=O) groups excluding carboxylic acids is 3. The summed E-state index contributed by atoms with van der Waals surface area (Å²) in [5.41, 5.74) is -0.812. The van der Waals surface area contributed by atoms with Gasteiger partial charge in [0.05, 0.1) is 12.2 Å². The molecular weight excluding hydrogens is 577 g/mol. The Balaban J connectivity index is 1.66. The van der Waals surface area contributed by atoms with E-state index in [1.807, 2.05) is 0 Å². The summed E-state index contributed by atoms with van der Waals surface area (Å²) in [6.45, 7) is 4.25. The maximum absolute atomic E-state index is 14.3. The Hall–Kier alpha value is -4.39. The lowest BCUT2D eigenvalue weighted by Gasteiger charge is -2.32. The first-order chi connectivity index (χ1) is 19.6. The van der Waals surface area contributed by atoms with Gasteiger partial charge in [-0.15, -0.1) is 0 Å². The van der Waals surface area contributed by atoms with Gasteiger partial charge in [-0.25, -0.2) is 26.4 Å². The van der Waals surface area contributed by atoms with E-state index in [9.17, 15) is 36.0 Å². The van der Waals surface area contributed by atoms with Crippen molar-refractivity contribution in [1.82, 2.24) is 0 Å². The summed E-state index contributed by atoms with van der Waals surface area (Å²) in [6, 6.07) is 11.5. The summed E-state index contributed by atoms with van der Waals surface area (Å²) < 4.78 is 80.2. The minimum absolute atomic E-state index is 0.0183. The summed E-state index contributed by atoms with van der Waals surface area (Å²) in [6.07, 6.45) is 0. The molecule has 1 atom stereocenters. The van der Waals surface area contributed by atoms with Gasteiger partial charge in [-0.3, -0.25) is 14.5 Å². The van der Waals surface area contributed by atoms with E-state index in [-0.39, 0.29) is 29.2 Å². The van der Waals surface area contributed by atoms with Crippen LogP contribution in [0, 0.1) is 17.5 Å². The molecule has 1 fully saturated rings. The van der Waals surface area contributed by atoms with Gasteiger partial charge in [-0.1, -0.05) is 12.1 Å². The highest BCUT2D eigenvalue weighted by Gasteiger charge is 2.69. The van der Waals surface area contributed by atoms with Crippen LogP contribution in [0.5, 0.6) is 5.75 Å². The molecule has 1 spiro atoms. The molecule has 1 saturated heterocycles. The average Bonchev–Trinajstić information content (AvgIpc) is 3.26. The summed E-state index contributed by atoms with van der Waals surface area (Å²) in [5.74, 6) is -7.03. The van der Waals surface area contributed by atoms with Crippen molar-refractivity contribution in [1.29, 1.82) is 0 Å². The van der Waals surface area contributed by atoms with Crippen LogP contribution in [0.2, 0.25) is 0 Å². The molecule has 2 aliphatic heterocycles. The van der Waals surface area contributed by atoms with E-state index in [4.69, 9.17) is 9.47 Å². The zero-order chi connectivity index (χ0) is 30.6. The maximum atomic E-state index is 14.3. The molecule has 0 bridgehead atoms. The van der Waals surface area contributed by atoms with Gasteiger partial charge in [0.1, 0.15) is 22.9 Å². The Kier molecular flexibility index (Phi) is 7.04. The number of benzene rings is 3. The van der Waals surface area contributed by atoms with E-state index in [1.165, 1.54) is 42.5 Å². The number of fused-ring (bicyclic) bond motifs is 2. The number of carbonyl (C=O) groups is 3. The fourth-order valence-electron chi connectivity index (χ4n) is 5.07. The monoisotopic (exact) mass is 602 g/mol. The van der Waals surface area contributed by atoms with Crippen molar-refractivity contribution in [2.75, 3.05) is 22.2 Å². The molecule has 5 rings (SSSR count). The van der Waals surface area contributed by atoms with Gasteiger partial charge in [0.15, 0.2) is 28.1 Å². The first-order valence-electron chi connectivity index (χ1n) is 12.7. The Labute approximate surface area is 239 Å². The van der Waals surface area contributed by atoms with Crippen molar-refractivity contribution >= 4 is 39.0 Å². The SMILES string of the molecule is CC(C)(C)OC(=O)COc1ccc2c(c1)C1(C(=O)N2Cc2ccc(F)cc2)N(c2ccc(F)c(F)c2)C(=O)CS1(=O)=O. The molecule has 0 aliphatic carbocycles. The smallest absolute Gasteiger partial charge is 0.344 e. The molecule has 2 heterocycles. The Morgan fingerprint density at radius 1 is 0.952 bits per heavy atom. The molecule has 2 aliphatic rings. The van der Waals surface area contributed by atoms with Crippen molar-refractivity contribution in [3.63, 3.8) is 0 Å². The van der Waals surface area contributed by atoms with Crippen LogP contribution < -0.4 is 14.5 Å². The number of sulfone groups is 1. The number of halogens is 3. The van der Waals surface area contributed by atoms with Crippen LogP contribution in [-0.2, 0) is 40.4 Å². The normalized spacial score (nSPS) is 19.4. The maximum Gasteiger partial charge on any atom is 0.344 e. The molecule has 0 N–H and O–H groups in total. The minimum atomic E-state index is -4.66. The molecule has 3 aromatic rings. The number of hydrogen-bond acceptors (Lipinski definition) is 7. The second kappa shape index (κ2) is 10.2. The van der Waals surface area contributed by atoms with Crippen LogP contribution in [-0.4, -0.2) is 44.2 Å². The molecule has 42 heavy (non-hydrogen) atoms. The van der Waals surface area contributed by atoms with E-state index < -0.39 is 67.9 Å². The van der Waals surface area contributed by atoms with Crippen LogP contribution in [0.25, 0.3) is 0 Å². The van der Waals surface area contributed by atoms with Crippen LogP contribution in [0.4, 0.5) is 24.5 Å². The minimum Gasteiger partial charge on any atom is -0.482 e. The number of ether oxygens (including phenoxy) is 2. The zero-order valence-corrected chi connectivity index (χ0v) is 23.5. The number of rotatable bonds is 6. The quantitative estimate of drug-likeness (QED) is 0.393. The van der Waals surface area contributed by atoms with Gasteiger partial charge in [-0.05, 0) is 68.8 Å². The van der Waals surface area contributed by atoms with E-state index in [2.05, 4.69) is 0 Å². The summed E-state index contributed by atoms with van der Waals surface area (Å²) in [7, 11) is -4.66. The zero-order valence-electron chi connectivity index (χ0n) is 22.7. The number of hydrogen-bond donors (Lipinski definition) is 0. The van der Waals surface area contributed by atoms with Crippen molar-refractivity contribution in [3.8, 4) is 5.75 Å². The molecule has 3 aromatic carbocycles. The number of esters is 1. The fraction of sp³-hybridized carbons (Fsp3) is 0.276. The number of nitrogens with zero attached hydrogens (tertiary/aromatic N) is 2. The van der Waals surface area contributed by atoms with E-state index >= 15 is 0 Å². The van der Waals surface area contributed by atoms with Gasteiger partial charge < -0.3 is 14.4 Å². The average molecular weight is 603 g/mol. The van der Waals surface area contributed by atoms with Gasteiger partial charge >= 0.3 is 5.97 Å². The van der Waals surface area contributed by atoms with Gasteiger partial charge in [0, 0.05) is 17.3 Å². The summed E-state index contributed by atoms with van der Waals surface area (Å²) >= 11 is 0. The molecule has 13 heteroatoms. The fourth-order valence-corrected chi connectivity index (χ4v) is 7.10. The lowest BCUT2D eigenvalue weighted by Crippen LogP contribution is -2.54. The lowest BCUT2D eigenvalue weighted by atomic mass is 10.0. The van der Waals surface area contributed by atoms with Crippen LogP contribution in [0.3, 0.4) is 0 Å². The van der Waals surface area contributed by atoms with E-state index in [0.29, 0.717) is 22.6 Å². The lowest BCUT2D eigenvalue weighted by molar-refractivity contribution is -0.157. The Morgan fingerprint density at radius 2 is 1.64 bits per heavy atom. The van der Waals surface area contributed by atoms with Gasteiger partial charge in [-0.2, -0.15) is 0 Å². The third-order valence-electron chi connectivity index (χ3n) is 6.68. The molecule has 9 nitrogen and oxygen atoms in total.